The molecule has 0 saturated heterocycles. The summed E-state index contributed by atoms with van der Waals surface area (Å²) in [5.74, 6) is 0.325. The Hall–Kier alpha value is -2.04. The molecule has 1 aromatic heterocycles. The predicted molar refractivity (Wildman–Crippen MR) is 66.0 cm³/mol. The Labute approximate surface area is 101 Å². The molecule has 1 aromatic carbocycles. The van der Waals surface area contributed by atoms with Gasteiger partial charge in [-0.25, -0.2) is 4.98 Å². The number of phenolic OH excluding ortho intramolecular Hbond substituents is 1. The molecule has 5 heteroatoms. The van der Waals surface area contributed by atoms with E-state index in [0.29, 0.717) is 5.75 Å². The smallest absolute Gasteiger partial charge is 0.213 e. The lowest BCUT2D eigenvalue weighted by Gasteiger charge is -2.20. The molecule has 5 nitrogen and oxygen atoms in total. The Bertz CT molecular complexity index is 365. The Morgan fingerprint density at radius 2 is 1.82 bits per heavy atom. The van der Waals surface area contributed by atoms with E-state index in [1.165, 1.54) is 12.7 Å². The summed E-state index contributed by atoms with van der Waals surface area (Å²) in [6.07, 6.45) is 2.60. The van der Waals surface area contributed by atoms with Crippen LogP contribution in [0.4, 0.5) is 5.69 Å². The highest BCUT2D eigenvalue weighted by molar-refractivity contribution is 5.48. The molecule has 0 fully saturated rings. The fourth-order valence-electron chi connectivity index (χ4n) is 1.39. The lowest BCUT2D eigenvalue weighted by atomic mass is 10.2. The molecule has 0 bridgehead atoms. The lowest BCUT2D eigenvalue weighted by Crippen LogP contribution is -2.21. The third kappa shape index (κ3) is 4.55. The molecule has 2 rings (SSSR count). The van der Waals surface area contributed by atoms with Crippen molar-refractivity contribution in [1.29, 1.82) is 0 Å². The Kier molecular flexibility index (Phi) is 5.57. The average molecular weight is 235 g/mol. The van der Waals surface area contributed by atoms with E-state index in [-0.39, 0.29) is 0 Å². The van der Waals surface area contributed by atoms with Gasteiger partial charge >= 0.3 is 0 Å². The van der Waals surface area contributed by atoms with Crippen LogP contribution in [0.15, 0.2) is 41.5 Å². The zero-order valence-corrected chi connectivity index (χ0v) is 10.1. The second-order valence-corrected chi connectivity index (χ2v) is 3.27. The minimum atomic E-state index is 0.325. The second kappa shape index (κ2) is 7.27. The van der Waals surface area contributed by atoms with Crippen molar-refractivity contribution in [3.63, 3.8) is 0 Å². The topological polar surface area (TPSA) is 62.4 Å². The van der Waals surface area contributed by atoms with E-state index in [9.17, 15) is 0 Å². The van der Waals surface area contributed by atoms with Crippen molar-refractivity contribution in [1.82, 2.24) is 10.1 Å². The van der Waals surface area contributed by atoms with Crippen LogP contribution in [-0.2, 0) is 0 Å². The van der Waals surface area contributed by atoms with E-state index in [0.717, 1.165) is 18.8 Å². The molecule has 0 aliphatic rings. The molecule has 0 amide bonds. The first kappa shape index (κ1) is 13.0. The van der Waals surface area contributed by atoms with Crippen LogP contribution in [0.3, 0.4) is 0 Å². The Morgan fingerprint density at radius 3 is 2.18 bits per heavy atom. The maximum Gasteiger partial charge on any atom is 0.213 e. The van der Waals surface area contributed by atoms with Gasteiger partial charge in [-0.1, -0.05) is 5.16 Å². The number of aromatic hydroxyl groups is 1. The highest BCUT2D eigenvalue weighted by Crippen LogP contribution is 2.17. The Morgan fingerprint density at radius 1 is 1.18 bits per heavy atom. The quantitative estimate of drug-likeness (QED) is 0.884. The number of nitrogens with zero attached hydrogens (tertiary/aromatic N) is 3. The molecule has 17 heavy (non-hydrogen) atoms. The molecule has 1 heterocycles. The van der Waals surface area contributed by atoms with Gasteiger partial charge in [0.05, 0.1) is 0 Å². The summed E-state index contributed by atoms with van der Waals surface area (Å²) >= 11 is 0. The van der Waals surface area contributed by atoms with Gasteiger partial charge in [0.2, 0.25) is 6.39 Å². The number of aromatic nitrogens is 2. The first-order chi connectivity index (χ1) is 8.27. The number of anilines is 1. The van der Waals surface area contributed by atoms with Gasteiger partial charge in [0, 0.05) is 18.8 Å². The summed E-state index contributed by atoms with van der Waals surface area (Å²) in [7, 11) is 0. The van der Waals surface area contributed by atoms with E-state index in [4.69, 9.17) is 5.11 Å². The van der Waals surface area contributed by atoms with E-state index < -0.39 is 0 Å². The molecule has 0 spiro atoms. The zero-order chi connectivity index (χ0) is 12.5. The van der Waals surface area contributed by atoms with Gasteiger partial charge < -0.3 is 14.5 Å². The van der Waals surface area contributed by atoms with Crippen molar-refractivity contribution in [2.24, 2.45) is 0 Å². The van der Waals surface area contributed by atoms with Gasteiger partial charge in [-0.2, -0.15) is 0 Å². The summed E-state index contributed by atoms with van der Waals surface area (Å²) in [5, 5.41) is 12.3. The minimum Gasteiger partial charge on any atom is -0.508 e. The molecule has 92 valence electrons. The molecule has 0 atom stereocenters. The molecule has 2 aromatic rings. The summed E-state index contributed by atoms with van der Waals surface area (Å²) < 4.78 is 4.22. The highest BCUT2D eigenvalue weighted by atomic mass is 16.5. The molecule has 0 unspecified atom stereocenters. The van der Waals surface area contributed by atoms with Crippen LogP contribution in [0.2, 0.25) is 0 Å². The maximum atomic E-state index is 9.07. The molecule has 0 aliphatic heterocycles. The summed E-state index contributed by atoms with van der Waals surface area (Å²) in [4.78, 5) is 5.68. The number of rotatable bonds is 3. The SMILES string of the molecule is CCN(CC)c1ccc(O)cc1.c1ncon1. The van der Waals surface area contributed by atoms with Crippen LogP contribution in [0.25, 0.3) is 0 Å². The second-order valence-electron chi connectivity index (χ2n) is 3.27. The van der Waals surface area contributed by atoms with Crippen molar-refractivity contribution in [2.45, 2.75) is 13.8 Å². The Balaban J connectivity index is 0.000000239. The maximum absolute atomic E-state index is 9.07. The molecule has 0 radical (unpaired) electrons. The van der Waals surface area contributed by atoms with Crippen molar-refractivity contribution in [2.75, 3.05) is 18.0 Å². The van der Waals surface area contributed by atoms with Gasteiger partial charge in [-0.3, -0.25) is 0 Å². The van der Waals surface area contributed by atoms with E-state index in [1.54, 1.807) is 12.1 Å². The zero-order valence-electron chi connectivity index (χ0n) is 10.1. The van der Waals surface area contributed by atoms with E-state index in [1.807, 2.05) is 12.1 Å². The number of hydrogen-bond donors (Lipinski definition) is 1. The number of benzene rings is 1. The largest absolute Gasteiger partial charge is 0.508 e. The fourth-order valence-corrected chi connectivity index (χ4v) is 1.39. The highest BCUT2D eigenvalue weighted by Gasteiger charge is 1.99. The van der Waals surface area contributed by atoms with Crippen molar-refractivity contribution < 1.29 is 9.63 Å². The van der Waals surface area contributed by atoms with Crippen LogP contribution in [-0.4, -0.2) is 28.3 Å². The van der Waals surface area contributed by atoms with Crippen LogP contribution in [0.5, 0.6) is 5.75 Å². The molecule has 1 N–H and O–H groups in total. The first-order valence-corrected chi connectivity index (χ1v) is 5.51. The van der Waals surface area contributed by atoms with Gasteiger partial charge in [-0.05, 0) is 38.1 Å². The van der Waals surface area contributed by atoms with Gasteiger partial charge in [-0.15, -0.1) is 0 Å². The minimum absolute atomic E-state index is 0.325. The van der Waals surface area contributed by atoms with Crippen LogP contribution >= 0.6 is 0 Å². The predicted octanol–water partition coefficient (Wildman–Crippen LogP) is 2.31. The van der Waals surface area contributed by atoms with Crippen LogP contribution < -0.4 is 4.90 Å². The summed E-state index contributed by atoms with van der Waals surface area (Å²) in [6, 6.07) is 7.30. The van der Waals surface area contributed by atoms with E-state index in [2.05, 4.69) is 33.4 Å². The summed E-state index contributed by atoms with van der Waals surface area (Å²) in [6.45, 7) is 6.25. The van der Waals surface area contributed by atoms with Crippen molar-refractivity contribution >= 4 is 5.69 Å². The monoisotopic (exact) mass is 235 g/mol. The molecule has 0 aliphatic carbocycles. The number of hydrogen-bond acceptors (Lipinski definition) is 5. The van der Waals surface area contributed by atoms with Crippen LogP contribution in [0.1, 0.15) is 13.8 Å². The molecule has 0 saturated carbocycles. The van der Waals surface area contributed by atoms with E-state index >= 15 is 0 Å². The molecular formula is C12H17N3O2. The fraction of sp³-hybridized carbons (Fsp3) is 0.333. The lowest BCUT2D eigenvalue weighted by molar-refractivity contribution is 0.416. The standard InChI is InChI=1S/C10H15NO.C2H2N2O/c1-3-11(4-2)9-5-7-10(12)8-6-9;1-3-2-5-4-1/h5-8,12H,3-4H2,1-2H3;1-2H. The summed E-state index contributed by atoms with van der Waals surface area (Å²) in [5.41, 5.74) is 1.16. The third-order valence-electron chi connectivity index (χ3n) is 2.26. The molecular weight excluding hydrogens is 218 g/mol. The van der Waals surface area contributed by atoms with Gasteiger partial charge in [0.15, 0.2) is 6.33 Å². The van der Waals surface area contributed by atoms with Gasteiger partial charge in [0.1, 0.15) is 5.75 Å². The van der Waals surface area contributed by atoms with Crippen molar-refractivity contribution in [3.8, 4) is 5.75 Å². The average Bonchev–Trinajstić information content (AvgIpc) is 2.92. The number of phenols is 1. The normalized spacial score (nSPS) is 9.29. The third-order valence-corrected chi connectivity index (χ3v) is 2.26. The van der Waals surface area contributed by atoms with Crippen LogP contribution in [0, 0.1) is 0 Å². The van der Waals surface area contributed by atoms with Gasteiger partial charge in [0.25, 0.3) is 0 Å². The van der Waals surface area contributed by atoms with Crippen molar-refractivity contribution in [3.05, 3.63) is 37.0 Å². The first-order valence-electron chi connectivity index (χ1n) is 5.51.